The number of anilines is 4. The minimum Gasteiger partial charge on any atom is -0.456 e. The molecule has 0 fully saturated rings. The van der Waals surface area contributed by atoms with Gasteiger partial charge in [0.25, 0.3) is 0 Å². The number of benzene rings is 5. The summed E-state index contributed by atoms with van der Waals surface area (Å²) in [7, 11) is 0. The Hall–Kier alpha value is -5.54. The molecule has 2 atom stereocenters. The first-order valence-electron chi connectivity index (χ1n) is 16.8. The predicted molar refractivity (Wildman–Crippen MR) is 198 cm³/mol. The first kappa shape index (κ1) is 28.9. The van der Waals surface area contributed by atoms with Gasteiger partial charge in [0.1, 0.15) is 11.2 Å². The molecule has 3 heterocycles. The molecule has 230 valence electrons. The number of hydrogen-bond donors (Lipinski definition) is 0. The molecule has 0 N–H and O–H groups in total. The van der Waals surface area contributed by atoms with Gasteiger partial charge in [0.15, 0.2) is 0 Å². The zero-order chi connectivity index (χ0) is 31.7. The summed E-state index contributed by atoms with van der Waals surface area (Å²) < 4.78 is 6.36. The van der Waals surface area contributed by atoms with Crippen molar-refractivity contribution in [1.29, 1.82) is 0 Å². The fourth-order valence-electron chi connectivity index (χ4n) is 7.37. The van der Waals surface area contributed by atoms with E-state index in [1.54, 1.807) is 0 Å². The van der Waals surface area contributed by atoms with Crippen molar-refractivity contribution in [2.45, 2.75) is 38.6 Å². The van der Waals surface area contributed by atoms with Crippen molar-refractivity contribution < 1.29 is 4.42 Å². The maximum absolute atomic E-state index is 6.36. The summed E-state index contributed by atoms with van der Waals surface area (Å²) >= 11 is 0. The summed E-state index contributed by atoms with van der Waals surface area (Å²) in [6.07, 6.45) is 13.6. The van der Waals surface area contributed by atoms with Crippen LogP contribution in [0.15, 0.2) is 179 Å². The minimum atomic E-state index is 0.307. The van der Waals surface area contributed by atoms with Gasteiger partial charge in [-0.3, -0.25) is 0 Å². The number of furan rings is 1. The fraction of sp³-hybridized carbons (Fsp3) is 0.136. The van der Waals surface area contributed by atoms with Gasteiger partial charge >= 0.3 is 0 Å². The molecule has 0 saturated carbocycles. The molecule has 10 rings (SSSR count). The second kappa shape index (κ2) is 12.3. The van der Waals surface area contributed by atoms with Gasteiger partial charge in [-0.15, -0.1) is 0 Å². The number of nitrogens with zero attached hydrogens (tertiary/aromatic N) is 2. The molecule has 0 bridgehead atoms. The summed E-state index contributed by atoms with van der Waals surface area (Å²) in [6.45, 7) is 4.00. The third-order valence-corrected chi connectivity index (χ3v) is 9.47. The van der Waals surface area contributed by atoms with Crippen LogP contribution < -0.4 is 9.80 Å². The van der Waals surface area contributed by atoms with Crippen molar-refractivity contribution in [3.05, 3.63) is 180 Å². The molecule has 2 unspecified atom stereocenters. The van der Waals surface area contributed by atoms with Crippen LogP contribution in [0.1, 0.15) is 38.2 Å². The topological polar surface area (TPSA) is 19.4 Å². The zero-order valence-electron chi connectivity index (χ0n) is 26.9. The van der Waals surface area contributed by atoms with E-state index in [4.69, 9.17) is 4.42 Å². The molecule has 5 aromatic carbocycles. The second-order valence-electron chi connectivity index (χ2n) is 12.0. The Morgan fingerprint density at radius 3 is 2.09 bits per heavy atom. The molecule has 0 radical (unpaired) electrons. The van der Waals surface area contributed by atoms with Gasteiger partial charge in [0.2, 0.25) is 0 Å². The lowest BCUT2D eigenvalue weighted by molar-refractivity contribution is 0.656. The highest BCUT2D eigenvalue weighted by Gasteiger charge is 2.38. The molecule has 0 spiro atoms. The van der Waals surface area contributed by atoms with E-state index in [0.29, 0.717) is 12.0 Å². The number of hydrogen-bond acceptors (Lipinski definition) is 3. The number of para-hydroxylation sites is 6. The molecule has 4 aliphatic rings. The molecule has 1 aromatic heterocycles. The normalized spacial score (nSPS) is 18.5. The summed E-state index contributed by atoms with van der Waals surface area (Å²) in [6, 6.07) is 45.0. The Morgan fingerprint density at radius 1 is 0.660 bits per heavy atom. The van der Waals surface area contributed by atoms with Gasteiger partial charge in [0, 0.05) is 39.3 Å². The second-order valence-corrected chi connectivity index (χ2v) is 12.0. The lowest BCUT2D eigenvalue weighted by Gasteiger charge is -2.30. The number of fused-ring (bicyclic) bond motifs is 6. The van der Waals surface area contributed by atoms with Crippen molar-refractivity contribution in [1.82, 2.24) is 0 Å². The van der Waals surface area contributed by atoms with Crippen molar-refractivity contribution in [2.24, 2.45) is 0 Å². The van der Waals surface area contributed by atoms with E-state index in [1.807, 2.05) is 26.0 Å². The van der Waals surface area contributed by atoms with Crippen LogP contribution in [0.4, 0.5) is 22.7 Å². The van der Waals surface area contributed by atoms with E-state index < -0.39 is 0 Å². The van der Waals surface area contributed by atoms with Crippen molar-refractivity contribution in [3.8, 4) is 0 Å². The van der Waals surface area contributed by atoms with Crippen LogP contribution in [0.5, 0.6) is 0 Å². The van der Waals surface area contributed by atoms with E-state index in [9.17, 15) is 0 Å². The minimum absolute atomic E-state index is 0.307. The Labute approximate surface area is 277 Å². The molecular weight excluding hydrogens is 572 g/mol. The van der Waals surface area contributed by atoms with Gasteiger partial charge in [-0.1, -0.05) is 123 Å². The average Bonchev–Trinajstić information content (AvgIpc) is 3.62. The summed E-state index contributed by atoms with van der Waals surface area (Å²) in [5.41, 5.74) is 12.7. The van der Waals surface area contributed by atoms with Crippen LogP contribution in [0.25, 0.3) is 21.9 Å². The van der Waals surface area contributed by atoms with Crippen LogP contribution in [0.3, 0.4) is 0 Å². The molecule has 47 heavy (non-hydrogen) atoms. The lowest BCUT2D eigenvalue weighted by Crippen LogP contribution is -2.30. The molecule has 2 aliphatic heterocycles. The molecule has 0 amide bonds. The van der Waals surface area contributed by atoms with E-state index in [2.05, 4.69) is 155 Å². The molecular formula is C44H38N2O. The molecule has 2 aliphatic carbocycles. The smallest absolute Gasteiger partial charge is 0.139 e. The van der Waals surface area contributed by atoms with Gasteiger partial charge in [-0.2, -0.15) is 0 Å². The van der Waals surface area contributed by atoms with E-state index in [1.165, 1.54) is 55.9 Å². The fourth-order valence-corrected chi connectivity index (χ4v) is 7.37. The van der Waals surface area contributed by atoms with Crippen LogP contribution in [-0.2, 0) is 0 Å². The summed E-state index contributed by atoms with van der Waals surface area (Å²) in [5.74, 6) is 0.307. The van der Waals surface area contributed by atoms with E-state index >= 15 is 0 Å². The third kappa shape index (κ3) is 5.09. The highest BCUT2D eigenvalue weighted by atomic mass is 16.3. The Kier molecular flexibility index (Phi) is 7.59. The molecule has 6 aromatic rings. The Morgan fingerprint density at radius 2 is 1.32 bits per heavy atom. The first-order valence-corrected chi connectivity index (χ1v) is 16.8. The zero-order valence-corrected chi connectivity index (χ0v) is 26.9. The standard InChI is InChI=1S/C30H23NO.C12H9N.C2H6/c1-2-9-21(10-3-1)31-27-15-6-4-11-23(27)26-19-20(17-18-28(26)31)22-13-8-14-25-24-12-5-7-16-29(24)32-30(22)25;1-2-6-10(7-3-1)13-11-8-4-5-9-12(11)13;1-2/h1-14,16-18,20,27H,15,19H2;1-9H;1-2H3. The van der Waals surface area contributed by atoms with Crippen LogP contribution in [0.2, 0.25) is 0 Å². The van der Waals surface area contributed by atoms with Crippen molar-refractivity contribution in [3.63, 3.8) is 0 Å². The van der Waals surface area contributed by atoms with Crippen molar-refractivity contribution in [2.75, 3.05) is 9.80 Å². The molecule has 3 nitrogen and oxygen atoms in total. The summed E-state index contributed by atoms with van der Waals surface area (Å²) in [4.78, 5) is 4.78. The Balaban J connectivity index is 0.000000180. The monoisotopic (exact) mass is 610 g/mol. The third-order valence-electron chi connectivity index (χ3n) is 9.47. The highest BCUT2D eigenvalue weighted by molar-refractivity contribution is 6.06. The quantitative estimate of drug-likeness (QED) is 0.186. The molecule has 3 heteroatoms. The maximum Gasteiger partial charge on any atom is 0.139 e. The molecule has 0 saturated heterocycles. The largest absolute Gasteiger partial charge is 0.456 e. The first-order chi connectivity index (χ1) is 23.3. The highest BCUT2D eigenvalue weighted by Crippen LogP contribution is 2.53. The SMILES string of the molecule is C1=CCC2C(=C1)C1=C(C=CC(c3cccc4c3oc3ccccc34)C1)N2c1ccccc1.CC.c1ccc(N2c3ccccc32)cc1. The van der Waals surface area contributed by atoms with Gasteiger partial charge in [-0.25, -0.2) is 0 Å². The predicted octanol–water partition coefficient (Wildman–Crippen LogP) is 12.2. The van der Waals surface area contributed by atoms with Crippen LogP contribution >= 0.6 is 0 Å². The van der Waals surface area contributed by atoms with Gasteiger partial charge < -0.3 is 14.2 Å². The van der Waals surface area contributed by atoms with Gasteiger partial charge in [-0.05, 0) is 72.5 Å². The van der Waals surface area contributed by atoms with E-state index in [-0.39, 0.29) is 0 Å². The van der Waals surface area contributed by atoms with Gasteiger partial charge in [0.05, 0.1) is 17.4 Å². The number of rotatable bonds is 3. The van der Waals surface area contributed by atoms with Crippen molar-refractivity contribution >= 4 is 44.7 Å². The van der Waals surface area contributed by atoms with Crippen LogP contribution in [0, 0.1) is 0 Å². The van der Waals surface area contributed by atoms with Crippen LogP contribution in [-0.4, -0.2) is 6.04 Å². The lowest BCUT2D eigenvalue weighted by atomic mass is 9.83. The maximum atomic E-state index is 6.36. The average molecular weight is 611 g/mol. The Bertz CT molecular complexity index is 2160. The number of allylic oxidation sites excluding steroid dienone is 4. The summed E-state index contributed by atoms with van der Waals surface area (Å²) in [5, 5.41) is 2.40. The van der Waals surface area contributed by atoms with E-state index in [0.717, 1.165) is 24.0 Å².